The number of rotatable bonds is 10. The summed E-state index contributed by atoms with van der Waals surface area (Å²) in [5, 5.41) is 9.15. The summed E-state index contributed by atoms with van der Waals surface area (Å²) in [7, 11) is 0. The second kappa shape index (κ2) is 9.97. The predicted molar refractivity (Wildman–Crippen MR) is 70.3 cm³/mol. The second-order valence-corrected chi connectivity index (χ2v) is 4.85. The molecule has 4 heteroatoms. The van der Waals surface area contributed by atoms with Crippen molar-refractivity contribution in [1.82, 2.24) is 0 Å². The van der Waals surface area contributed by atoms with Crippen LogP contribution in [0.5, 0.6) is 0 Å². The van der Waals surface area contributed by atoms with Crippen LogP contribution in [0.15, 0.2) is 11.6 Å². The number of carbonyl (C=O) groups is 2. The summed E-state index contributed by atoms with van der Waals surface area (Å²) in [6.45, 7) is 6.64. The van der Waals surface area contributed by atoms with Crippen LogP contribution < -0.4 is 0 Å². The van der Waals surface area contributed by atoms with Gasteiger partial charge in [-0.2, -0.15) is 0 Å². The Hall–Kier alpha value is -1.00. The average molecular weight is 256 g/mol. The lowest BCUT2D eigenvalue weighted by atomic mass is 10.0. The first-order chi connectivity index (χ1) is 8.51. The Kier molecular flexibility index (Phi) is 9.42. The minimum atomic E-state index is -1.36. The van der Waals surface area contributed by atoms with E-state index in [1.807, 2.05) is 0 Å². The van der Waals surface area contributed by atoms with E-state index in [9.17, 15) is 9.59 Å². The highest BCUT2D eigenvalue weighted by molar-refractivity contribution is 5.68. The molecule has 0 aliphatic heterocycles. The molecular formula is C14H24O4. The van der Waals surface area contributed by atoms with Gasteiger partial charge in [-0.25, -0.2) is 0 Å². The number of allylic oxidation sites excluding steroid dienone is 2. The first-order valence-corrected chi connectivity index (χ1v) is 6.34. The third-order valence-electron chi connectivity index (χ3n) is 2.74. The van der Waals surface area contributed by atoms with Gasteiger partial charge in [0.25, 0.3) is 0 Å². The Balaban J connectivity index is 3.78. The van der Waals surface area contributed by atoms with Crippen molar-refractivity contribution in [3.63, 3.8) is 0 Å². The van der Waals surface area contributed by atoms with E-state index in [0.717, 1.165) is 19.3 Å². The number of aliphatic hydroxyl groups excluding tert-OH is 1. The summed E-state index contributed by atoms with van der Waals surface area (Å²) in [6.07, 6.45) is 3.50. The largest absolute Gasteiger partial charge is 0.382 e. The third-order valence-corrected chi connectivity index (χ3v) is 2.74. The smallest absolute Gasteiger partial charge is 0.151 e. The molecular weight excluding hydrogens is 232 g/mol. The van der Waals surface area contributed by atoms with Crippen LogP contribution in [0.4, 0.5) is 0 Å². The monoisotopic (exact) mass is 256 g/mol. The molecule has 0 aromatic rings. The average Bonchev–Trinajstić information content (AvgIpc) is 2.33. The molecule has 0 rings (SSSR count). The molecule has 0 aliphatic carbocycles. The van der Waals surface area contributed by atoms with Gasteiger partial charge in [0.05, 0.1) is 0 Å². The number of aldehydes is 2. The highest BCUT2D eigenvalue weighted by Crippen LogP contribution is 2.12. The Morgan fingerprint density at radius 1 is 1.22 bits per heavy atom. The summed E-state index contributed by atoms with van der Waals surface area (Å²) in [6, 6.07) is 0. The fourth-order valence-corrected chi connectivity index (χ4v) is 1.50. The zero-order valence-corrected chi connectivity index (χ0v) is 11.5. The van der Waals surface area contributed by atoms with E-state index < -0.39 is 12.2 Å². The van der Waals surface area contributed by atoms with Gasteiger partial charge in [-0.3, -0.25) is 0 Å². The van der Waals surface area contributed by atoms with E-state index in [-0.39, 0.29) is 0 Å². The van der Waals surface area contributed by atoms with Crippen LogP contribution in [0.2, 0.25) is 0 Å². The van der Waals surface area contributed by atoms with Gasteiger partial charge < -0.3 is 19.4 Å². The normalized spacial score (nSPS) is 15.6. The maximum absolute atomic E-state index is 10.6. The van der Waals surface area contributed by atoms with Crippen LogP contribution in [0, 0.1) is 5.92 Å². The Morgan fingerprint density at radius 3 is 2.39 bits per heavy atom. The van der Waals surface area contributed by atoms with Gasteiger partial charge in [0.15, 0.2) is 12.6 Å². The number of aliphatic hydroxyl groups is 1. The Bertz CT molecular complexity index is 269. The molecule has 0 aromatic carbocycles. The highest BCUT2D eigenvalue weighted by Gasteiger charge is 2.18. The number of hydrogen-bond acceptors (Lipinski definition) is 4. The fraction of sp³-hybridized carbons (Fsp3) is 0.714. The van der Waals surface area contributed by atoms with Gasteiger partial charge >= 0.3 is 0 Å². The molecule has 1 N–H and O–H groups in total. The molecule has 0 saturated carbocycles. The van der Waals surface area contributed by atoms with Crippen LogP contribution in [0.25, 0.3) is 0 Å². The van der Waals surface area contributed by atoms with Crippen molar-refractivity contribution < 1.29 is 19.4 Å². The molecule has 0 bridgehead atoms. The van der Waals surface area contributed by atoms with Gasteiger partial charge in [0.2, 0.25) is 0 Å². The summed E-state index contributed by atoms with van der Waals surface area (Å²) in [5.41, 5.74) is 1.31. The van der Waals surface area contributed by atoms with Crippen LogP contribution in [0.1, 0.15) is 40.0 Å². The van der Waals surface area contributed by atoms with E-state index >= 15 is 0 Å². The summed E-state index contributed by atoms with van der Waals surface area (Å²) in [5.74, 6) is 0.487. The summed E-state index contributed by atoms with van der Waals surface area (Å²) >= 11 is 0. The number of hydrogen-bond donors (Lipinski definition) is 1. The molecule has 0 fully saturated rings. The van der Waals surface area contributed by atoms with Gasteiger partial charge in [-0.05, 0) is 39.0 Å². The van der Waals surface area contributed by atoms with Crippen LogP contribution >= 0.6 is 0 Å². The lowest BCUT2D eigenvalue weighted by molar-refractivity contribution is -0.134. The molecule has 0 radical (unpaired) electrons. The molecule has 104 valence electrons. The first-order valence-electron chi connectivity index (χ1n) is 6.34. The van der Waals surface area contributed by atoms with Crippen molar-refractivity contribution in [2.45, 2.75) is 52.2 Å². The topological polar surface area (TPSA) is 63.6 Å². The van der Waals surface area contributed by atoms with Gasteiger partial charge in [-0.15, -0.1) is 0 Å². The van der Waals surface area contributed by atoms with Crippen molar-refractivity contribution in [2.75, 3.05) is 6.61 Å². The van der Waals surface area contributed by atoms with Crippen molar-refractivity contribution in [1.29, 1.82) is 0 Å². The second-order valence-electron chi connectivity index (χ2n) is 4.85. The van der Waals surface area contributed by atoms with Gasteiger partial charge in [-0.1, -0.05) is 18.6 Å². The molecule has 0 amide bonds. The molecule has 3 unspecified atom stereocenters. The molecule has 4 nitrogen and oxygen atoms in total. The van der Waals surface area contributed by atoms with Crippen LogP contribution in [-0.2, 0) is 14.3 Å². The molecule has 3 atom stereocenters. The van der Waals surface area contributed by atoms with Crippen molar-refractivity contribution in [2.24, 2.45) is 5.92 Å². The maximum atomic E-state index is 10.6. The number of ether oxygens (including phenoxy) is 1. The maximum Gasteiger partial charge on any atom is 0.151 e. The van der Waals surface area contributed by atoms with Crippen LogP contribution in [-0.4, -0.2) is 36.5 Å². The predicted octanol–water partition coefficient (Wildman–Crippen LogP) is 1.90. The van der Waals surface area contributed by atoms with E-state index in [4.69, 9.17) is 9.84 Å². The zero-order valence-electron chi connectivity index (χ0n) is 11.5. The van der Waals surface area contributed by atoms with Crippen molar-refractivity contribution in [3.05, 3.63) is 11.6 Å². The lowest BCUT2D eigenvalue weighted by Gasteiger charge is -2.15. The quantitative estimate of drug-likeness (QED) is 0.479. The third kappa shape index (κ3) is 8.14. The van der Waals surface area contributed by atoms with Crippen molar-refractivity contribution >= 4 is 12.6 Å². The Labute approximate surface area is 109 Å². The molecule has 0 aliphatic rings. The van der Waals surface area contributed by atoms with Crippen LogP contribution in [0.3, 0.4) is 0 Å². The first kappa shape index (κ1) is 17.0. The molecule has 0 spiro atoms. The summed E-state index contributed by atoms with van der Waals surface area (Å²) in [4.78, 5) is 20.9. The van der Waals surface area contributed by atoms with E-state index in [0.29, 0.717) is 25.1 Å². The molecule has 0 saturated heterocycles. The minimum Gasteiger partial charge on any atom is -0.382 e. The lowest BCUT2D eigenvalue weighted by Crippen LogP contribution is -2.32. The fourth-order valence-electron chi connectivity index (χ4n) is 1.50. The summed E-state index contributed by atoms with van der Waals surface area (Å²) < 4.78 is 5.18. The van der Waals surface area contributed by atoms with Gasteiger partial charge in [0.1, 0.15) is 12.2 Å². The van der Waals surface area contributed by atoms with E-state index in [1.165, 1.54) is 5.57 Å². The highest BCUT2D eigenvalue weighted by atomic mass is 16.5. The Morgan fingerprint density at radius 2 is 1.89 bits per heavy atom. The zero-order chi connectivity index (χ0) is 14.0. The minimum absolute atomic E-state index is 0.317. The van der Waals surface area contributed by atoms with Gasteiger partial charge in [0, 0.05) is 6.61 Å². The molecule has 18 heavy (non-hydrogen) atoms. The van der Waals surface area contributed by atoms with E-state index in [2.05, 4.69) is 26.8 Å². The number of carbonyl (C=O) groups excluding carboxylic acids is 2. The molecule has 0 heterocycles. The van der Waals surface area contributed by atoms with Crippen molar-refractivity contribution in [3.8, 4) is 0 Å². The SMILES string of the molecule is CC(C)=CCCC(C)CCOC(C=O)C(O)C=O. The standard InChI is InChI=1S/C14H24O4/c1-11(2)5-4-6-12(3)7-8-18-14(10-16)13(17)9-15/h5,9-10,12-14,17H,4,6-8H2,1-3H3. The molecule has 0 aromatic heterocycles. The van der Waals surface area contributed by atoms with E-state index in [1.54, 1.807) is 0 Å².